The molecule has 0 saturated carbocycles. The van der Waals surface area contributed by atoms with Crippen molar-refractivity contribution >= 4 is 5.91 Å². The molecule has 0 aliphatic carbocycles. The summed E-state index contributed by atoms with van der Waals surface area (Å²) in [5.41, 5.74) is 7.58. The summed E-state index contributed by atoms with van der Waals surface area (Å²) in [6.07, 6.45) is 1.46. The zero-order valence-corrected chi connectivity index (χ0v) is 10.3. The molecular formula is C14H15N3O2. The van der Waals surface area contributed by atoms with E-state index in [1.165, 1.54) is 12.3 Å². The number of pyridine rings is 1. The third kappa shape index (κ3) is 3.08. The predicted molar refractivity (Wildman–Crippen MR) is 71.4 cm³/mol. The monoisotopic (exact) mass is 257 g/mol. The van der Waals surface area contributed by atoms with Gasteiger partial charge in [0.05, 0.1) is 0 Å². The fraction of sp³-hybridized carbons (Fsp3) is 0.143. The van der Waals surface area contributed by atoms with Gasteiger partial charge in [-0.2, -0.15) is 0 Å². The Morgan fingerprint density at radius 1 is 1.21 bits per heavy atom. The average Bonchev–Trinajstić information content (AvgIpc) is 2.45. The molecule has 1 amide bonds. The average molecular weight is 257 g/mol. The van der Waals surface area contributed by atoms with Gasteiger partial charge in [0.15, 0.2) is 5.69 Å². The molecule has 1 aromatic carbocycles. The molecule has 0 spiro atoms. The lowest BCUT2D eigenvalue weighted by Crippen LogP contribution is -2.24. The number of nitrogens with zero attached hydrogens (tertiary/aromatic N) is 1. The van der Waals surface area contributed by atoms with Crippen LogP contribution in [0.4, 0.5) is 0 Å². The molecule has 1 aromatic heterocycles. The maximum Gasteiger partial charge on any atom is 0.273 e. The second-order valence-electron chi connectivity index (χ2n) is 4.03. The van der Waals surface area contributed by atoms with E-state index in [-0.39, 0.29) is 11.4 Å². The Morgan fingerprint density at radius 3 is 2.63 bits per heavy atom. The summed E-state index contributed by atoms with van der Waals surface area (Å²) in [7, 11) is 0. The van der Waals surface area contributed by atoms with Crippen molar-refractivity contribution in [3.63, 3.8) is 0 Å². The van der Waals surface area contributed by atoms with Gasteiger partial charge in [0.2, 0.25) is 0 Å². The maximum atomic E-state index is 11.9. The first-order valence-corrected chi connectivity index (χ1v) is 5.91. The Kier molecular flexibility index (Phi) is 4.10. The topological polar surface area (TPSA) is 88.2 Å². The highest BCUT2D eigenvalue weighted by Crippen LogP contribution is 2.13. The van der Waals surface area contributed by atoms with Crippen LogP contribution in [-0.4, -0.2) is 16.0 Å². The van der Waals surface area contributed by atoms with Gasteiger partial charge in [0, 0.05) is 19.3 Å². The van der Waals surface area contributed by atoms with Crippen molar-refractivity contribution in [2.45, 2.75) is 13.1 Å². The number of carbonyl (C=O) groups excluding carboxylic acids is 1. The number of amides is 1. The summed E-state index contributed by atoms with van der Waals surface area (Å²) in [6.45, 7) is 0.767. The molecular weight excluding hydrogens is 242 g/mol. The summed E-state index contributed by atoms with van der Waals surface area (Å²) in [5.74, 6) is -0.544. The fourth-order valence-corrected chi connectivity index (χ4v) is 1.76. The van der Waals surface area contributed by atoms with Crippen LogP contribution in [0.25, 0.3) is 0 Å². The van der Waals surface area contributed by atoms with Gasteiger partial charge in [0.25, 0.3) is 5.91 Å². The molecule has 1 heterocycles. The molecule has 0 fully saturated rings. The first-order valence-electron chi connectivity index (χ1n) is 5.91. The molecule has 98 valence electrons. The van der Waals surface area contributed by atoms with Crippen LogP contribution in [0.1, 0.15) is 21.6 Å². The third-order valence-electron chi connectivity index (χ3n) is 2.78. The van der Waals surface area contributed by atoms with Gasteiger partial charge in [-0.3, -0.25) is 4.79 Å². The van der Waals surface area contributed by atoms with E-state index in [1.807, 2.05) is 24.3 Å². The highest BCUT2D eigenvalue weighted by molar-refractivity contribution is 5.94. The van der Waals surface area contributed by atoms with Gasteiger partial charge in [-0.15, -0.1) is 0 Å². The van der Waals surface area contributed by atoms with Crippen LogP contribution in [0.2, 0.25) is 0 Å². The van der Waals surface area contributed by atoms with Gasteiger partial charge < -0.3 is 16.2 Å². The van der Waals surface area contributed by atoms with Crippen molar-refractivity contribution in [2.75, 3.05) is 0 Å². The van der Waals surface area contributed by atoms with E-state index in [0.717, 1.165) is 11.1 Å². The predicted octanol–water partition coefficient (Wildman–Crippen LogP) is 1.18. The van der Waals surface area contributed by atoms with E-state index >= 15 is 0 Å². The Morgan fingerprint density at radius 2 is 1.95 bits per heavy atom. The standard InChI is InChI=1S/C14H15N3O2/c15-8-10-4-1-2-5-11(10)9-17-14(19)13-12(18)6-3-7-16-13/h1-7,18H,8-9,15H2,(H,17,19). The zero-order chi connectivity index (χ0) is 13.7. The first kappa shape index (κ1) is 13.0. The maximum absolute atomic E-state index is 11.9. The van der Waals surface area contributed by atoms with Crippen LogP contribution >= 0.6 is 0 Å². The number of aromatic hydroxyl groups is 1. The molecule has 0 atom stereocenters. The zero-order valence-electron chi connectivity index (χ0n) is 10.3. The fourth-order valence-electron chi connectivity index (χ4n) is 1.76. The van der Waals surface area contributed by atoms with Crippen molar-refractivity contribution in [1.82, 2.24) is 10.3 Å². The minimum Gasteiger partial charge on any atom is -0.505 e. The van der Waals surface area contributed by atoms with E-state index in [0.29, 0.717) is 13.1 Å². The Bertz CT molecular complexity index is 584. The van der Waals surface area contributed by atoms with E-state index in [2.05, 4.69) is 10.3 Å². The second-order valence-corrected chi connectivity index (χ2v) is 4.03. The van der Waals surface area contributed by atoms with Crippen LogP contribution < -0.4 is 11.1 Å². The van der Waals surface area contributed by atoms with E-state index < -0.39 is 5.91 Å². The first-order chi connectivity index (χ1) is 9.22. The number of nitrogens with two attached hydrogens (primary N) is 1. The van der Waals surface area contributed by atoms with Crippen molar-refractivity contribution < 1.29 is 9.90 Å². The highest BCUT2D eigenvalue weighted by atomic mass is 16.3. The van der Waals surface area contributed by atoms with Crippen molar-refractivity contribution in [1.29, 1.82) is 0 Å². The van der Waals surface area contributed by atoms with Gasteiger partial charge in [-0.1, -0.05) is 24.3 Å². The minimum absolute atomic E-state index is 0.0210. The minimum atomic E-state index is -0.412. The van der Waals surface area contributed by atoms with Gasteiger partial charge >= 0.3 is 0 Å². The SMILES string of the molecule is NCc1ccccc1CNC(=O)c1ncccc1O. The Hall–Kier alpha value is -2.40. The van der Waals surface area contributed by atoms with Crippen LogP contribution in [0.5, 0.6) is 5.75 Å². The number of hydrogen-bond donors (Lipinski definition) is 3. The molecule has 0 saturated heterocycles. The van der Waals surface area contributed by atoms with Crippen LogP contribution in [0.3, 0.4) is 0 Å². The van der Waals surface area contributed by atoms with Crippen LogP contribution in [-0.2, 0) is 13.1 Å². The third-order valence-corrected chi connectivity index (χ3v) is 2.78. The summed E-state index contributed by atoms with van der Waals surface area (Å²) >= 11 is 0. The molecule has 5 heteroatoms. The number of carbonyl (C=O) groups is 1. The molecule has 4 N–H and O–H groups in total. The molecule has 0 aliphatic rings. The quantitative estimate of drug-likeness (QED) is 0.767. The van der Waals surface area contributed by atoms with E-state index in [1.54, 1.807) is 6.07 Å². The highest BCUT2D eigenvalue weighted by Gasteiger charge is 2.12. The lowest BCUT2D eigenvalue weighted by atomic mass is 10.1. The molecule has 19 heavy (non-hydrogen) atoms. The molecule has 0 radical (unpaired) electrons. The number of rotatable bonds is 4. The molecule has 5 nitrogen and oxygen atoms in total. The Labute approximate surface area is 111 Å². The summed E-state index contributed by atoms with van der Waals surface area (Å²) in [5, 5.41) is 12.2. The number of hydrogen-bond acceptors (Lipinski definition) is 4. The normalized spacial score (nSPS) is 10.2. The van der Waals surface area contributed by atoms with Crippen LogP contribution in [0, 0.1) is 0 Å². The molecule has 0 bridgehead atoms. The van der Waals surface area contributed by atoms with Gasteiger partial charge in [-0.05, 0) is 23.3 Å². The van der Waals surface area contributed by atoms with E-state index in [9.17, 15) is 9.90 Å². The van der Waals surface area contributed by atoms with Crippen molar-refractivity contribution in [3.8, 4) is 5.75 Å². The molecule has 2 rings (SSSR count). The molecule has 2 aromatic rings. The van der Waals surface area contributed by atoms with Crippen molar-refractivity contribution in [2.24, 2.45) is 5.73 Å². The lowest BCUT2D eigenvalue weighted by Gasteiger charge is -2.09. The number of nitrogens with one attached hydrogen (secondary N) is 1. The smallest absolute Gasteiger partial charge is 0.273 e. The molecule has 0 aliphatic heterocycles. The lowest BCUT2D eigenvalue weighted by molar-refractivity contribution is 0.0943. The molecule has 0 unspecified atom stereocenters. The largest absolute Gasteiger partial charge is 0.505 e. The van der Waals surface area contributed by atoms with E-state index in [4.69, 9.17) is 5.73 Å². The Balaban J connectivity index is 2.07. The summed E-state index contributed by atoms with van der Waals surface area (Å²) in [4.78, 5) is 15.7. The van der Waals surface area contributed by atoms with Gasteiger partial charge in [-0.25, -0.2) is 4.98 Å². The second kappa shape index (κ2) is 5.97. The van der Waals surface area contributed by atoms with Gasteiger partial charge in [0.1, 0.15) is 5.75 Å². The number of benzene rings is 1. The number of aromatic nitrogens is 1. The van der Waals surface area contributed by atoms with Crippen LogP contribution in [0.15, 0.2) is 42.6 Å². The summed E-state index contributed by atoms with van der Waals surface area (Å²) in [6, 6.07) is 10.6. The summed E-state index contributed by atoms with van der Waals surface area (Å²) < 4.78 is 0. The van der Waals surface area contributed by atoms with Crippen molar-refractivity contribution in [3.05, 3.63) is 59.4 Å².